The molecule has 6 nitrogen and oxygen atoms in total. The fraction of sp³-hybridized carbons (Fsp3) is 0.440. The highest BCUT2D eigenvalue weighted by molar-refractivity contribution is 5.83. The molecule has 0 spiro atoms. The Morgan fingerprint density at radius 3 is 2.81 bits per heavy atom. The summed E-state index contributed by atoms with van der Waals surface area (Å²) in [5, 5.41) is 12.9. The number of aromatic hydroxyl groups is 1. The van der Waals surface area contributed by atoms with E-state index in [9.17, 15) is 14.7 Å². The summed E-state index contributed by atoms with van der Waals surface area (Å²) in [7, 11) is 0. The zero-order valence-electron chi connectivity index (χ0n) is 17.7. The highest BCUT2D eigenvalue weighted by Crippen LogP contribution is 2.44. The number of fused-ring (bicyclic) bond motifs is 4. The summed E-state index contributed by atoms with van der Waals surface area (Å²) < 4.78 is 0. The van der Waals surface area contributed by atoms with E-state index in [1.165, 1.54) is 5.56 Å². The van der Waals surface area contributed by atoms with Gasteiger partial charge in [0.1, 0.15) is 5.75 Å². The molecule has 2 N–H and O–H groups in total. The molecule has 2 aromatic carbocycles. The molecule has 0 radical (unpaired) electrons. The zero-order chi connectivity index (χ0) is 21.4. The van der Waals surface area contributed by atoms with Gasteiger partial charge in [0, 0.05) is 25.7 Å². The number of carbonyl (C=O) groups is 2. The first-order valence-electron chi connectivity index (χ1n) is 11.3. The first-order valence-corrected chi connectivity index (χ1v) is 11.3. The Kier molecular flexibility index (Phi) is 5.30. The van der Waals surface area contributed by atoms with E-state index in [2.05, 4.69) is 17.4 Å². The number of piperidine rings is 2. The first kappa shape index (κ1) is 19.9. The van der Waals surface area contributed by atoms with E-state index in [1.807, 2.05) is 40.1 Å². The van der Waals surface area contributed by atoms with Crippen molar-refractivity contribution in [3.05, 3.63) is 65.2 Å². The van der Waals surface area contributed by atoms with Crippen molar-refractivity contribution >= 4 is 11.9 Å². The van der Waals surface area contributed by atoms with Crippen molar-refractivity contribution in [2.75, 3.05) is 19.6 Å². The van der Waals surface area contributed by atoms with Crippen LogP contribution in [0.3, 0.4) is 0 Å². The second-order valence-corrected chi connectivity index (χ2v) is 8.89. The highest BCUT2D eigenvalue weighted by atomic mass is 16.3. The monoisotopic (exact) mass is 419 g/mol. The lowest BCUT2D eigenvalue weighted by atomic mass is 9.76. The molecule has 31 heavy (non-hydrogen) atoms. The average Bonchev–Trinajstić information content (AvgIpc) is 2.79. The van der Waals surface area contributed by atoms with Crippen LogP contribution in [0.4, 0.5) is 4.79 Å². The van der Waals surface area contributed by atoms with Gasteiger partial charge >= 0.3 is 6.03 Å². The summed E-state index contributed by atoms with van der Waals surface area (Å²) in [6, 6.07) is 15.5. The van der Waals surface area contributed by atoms with E-state index < -0.39 is 0 Å². The molecule has 3 atom stereocenters. The number of carbonyl (C=O) groups excluding carboxylic acids is 2. The lowest BCUT2D eigenvalue weighted by molar-refractivity contribution is -0.148. The van der Waals surface area contributed by atoms with Gasteiger partial charge in [-0.25, -0.2) is 4.79 Å². The molecule has 3 heterocycles. The van der Waals surface area contributed by atoms with Gasteiger partial charge in [0.05, 0.1) is 12.0 Å². The van der Waals surface area contributed by atoms with Crippen LogP contribution in [-0.2, 0) is 17.6 Å². The van der Waals surface area contributed by atoms with Crippen LogP contribution < -0.4 is 5.32 Å². The molecule has 2 saturated heterocycles. The standard InChI is InChI=1S/C25H29N3O3/c29-19-8-9-20-18(15-19)11-14-27-22(20)16-23-21(24(27)30)7-4-13-28(23)25(31)26-12-10-17-5-2-1-3-6-17/h1-3,5-6,8-9,15,21-23,29H,4,7,10-14,16H2,(H,26,31)/t21-,22-,23-/m1/s1. The van der Waals surface area contributed by atoms with Crippen molar-refractivity contribution in [2.45, 2.75) is 44.2 Å². The number of hydrogen-bond acceptors (Lipinski definition) is 3. The van der Waals surface area contributed by atoms with Crippen LogP contribution in [0.5, 0.6) is 5.75 Å². The van der Waals surface area contributed by atoms with Crippen LogP contribution >= 0.6 is 0 Å². The molecule has 0 aromatic heterocycles. The summed E-state index contributed by atoms with van der Waals surface area (Å²) in [6.07, 6.45) is 4.04. The third-order valence-electron chi connectivity index (χ3n) is 7.12. The minimum atomic E-state index is -0.108. The summed E-state index contributed by atoms with van der Waals surface area (Å²) in [5.41, 5.74) is 3.43. The fourth-order valence-electron chi connectivity index (χ4n) is 5.61. The van der Waals surface area contributed by atoms with Gasteiger partial charge in [-0.05, 0) is 60.9 Å². The van der Waals surface area contributed by atoms with E-state index in [0.29, 0.717) is 19.6 Å². The quantitative estimate of drug-likeness (QED) is 0.802. The summed E-state index contributed by atoms with van der Waals surface area (Å²) in [6.45, 7) is 1.97. The molecule has 3 aliphatic rings. The molecule has 2 aromatic rings. The van der Waals surface area contributed by atoms with Crippen molar-refractivity contribution in [3.63, 3.8) is 0 Å². The molecule has 6 heteroatoms. The molecule has 0 saturated carbocycles. The van der Waals surface area contributed by atoms with Crippen LogP contribution in [0.2, 0.25) is 0 Å². The lowest BCUT2D eigenvalue weighted by Crippen LogP contribution is -2.61. The van der Waals surface area contributed by atoms with E-state index in [0.717, 1.165) is 43.2 Å². The number of nitrogens with one attached hydrogen (secondary N) is 1. The van der Waals surface area contributed by atoms with E-state index in [-0.39, 0.29) is 35.7 Å². The van der Waals surface area contributed by atoms with Crippen LogP contribution in [0.1, 0.15) is 42.0 Å². The Balaban J connectivity index is 1.31. The molecule has 0 bridgehead atoms. The normalized spacial score (nSPS) is 24.8. The second-order valence-electron chi connectivity index (χ2n) is 8.89. The van der Waals surface area contributed by atoms with Gasteiger partial charge in [-0.1, -0.05) is 36.4 Å². The smallest absolute Gasteiger partial charge is 0.317 e. The van der Waals surface area contributed by atoms with Crippen LogP contribution in [0.15, 0.2) is 48.5 Å². The van der Waals surface area contributed by atoms with E-state index in [4.69, 9.17) is 0 Å². The minimum Gasteiger partial charge on any atom is -0.508 e. The predicted octanol–water partition coefficient (Wildman–Crippen LogP) is 3.25. The number of phenolic OH excluding ortho intramolecular Hbond substituents is 1. The van der Waals surface area contributed by atoms with Crippen molar-refractivity contribution in [2.24, 2.45) is 5.92 Å². The predicted molar refractivity (Wildman–Crippen MR) is 118 cm³/mol. The molecular weight excluding hydrogens is 390 g/mol. The Hall–Kier alpha value is -3.02. The van der Waals surface area contributed by atoms with Gasteiger partial charge in [0.25, 0.3) is 0 Å². The SMILES string of the molecule is O=C1[C@@H]2CCCN(C(=O)NCCc3ccccc3)[C@@H]2C[C@@H]2c3ccc(O)cc3CCN12. The Morgan fingerprint density at radius 1 is 1.13 bits per heavy atom. The van der Waals surface area contributed by atoms with Crippen LogP contribution in [0.25, 0.3) is 0 Å². The maximum atomic E-state index is 13.4. The second kappa shape index (κ2) is 8.25. The number of rotatable bonds is 3. The Morgan fingerprint density at radius 2 is 1.97 bits per heavy atom. The Bertz CT molecular complexity index is 977. The summed E-state index contributed by atoms with van der Waals surface area (Å²) in [5.74, 6) is 0.342. The third kappa shape index (κ3) is 3.75. The third-order valence-corrected chi connectivity index (χ3v) is 7.12. The molecule has 0 unspecified atom stereocenters. The average molecular weight is 420 g/mol. The van der Waals surface area contributed by atoms with Gasteiger partial charge in [-0.3, -0.25) is 4.79 Å². The fourth-order valence-corrected chi connectivity index (χ4v) is 5.61. The topological polar surface area (TPSA) is 72.9 Å². The minimum absolute atomic E-state index is 0.0178. The van der Waals surface area contributed by atoms with Crippen molar-refractivity contribution in [1.29, 1.82) is 0 Å². The van der Waals surface area contributed by atoms with Gasteiger partial charge in [-0.15, -0.1) is 0 Å². The number of phenols is 1. The molecule has 5 rings (SSSR count). The van der Waals surface area contributed by atoms with E-state index in [1.54, 1.807) is 6.07 Å². The lowest BCUT2D eigenvalue weighted by Gasteiger charge is -2.51. The molecule has 3 amide bonds. The molecule has 2 fully saturated rings. The first-order chi connectivity index (χ1) is 15.1. The molecule has 3 aliphatic heterocycles. The van der Waals surface area contributed by atoms with Crippen LogP contribution in [0, 0.1) is 5.92 Å². The maximum absolute atomic E-state index is 13.4. The number of benzene rings is 2. The maximum Gasteiger partial charge on any atom is 0.317 e. The molecule has 162 valence electrons. The van der Waals surface area contributed by atoms with Crippen molar-refractivity contribution in [3.8, 4) is 5.75 Å². The van der Waals surface area contributed by atoms with Gasteiger partial charge < -0.3 is 20.2 Å². The molecular formula is C25H29N3O3. The summed E-state index contributed by atoms with van der Waals surface area (Å²) >= 11 is 0. The largest absolute Gasteiger partial charge is 0.508 e. The Labute approximate surface area is 182 Å². The van der Waals surface area contributed by atoms with Crippen molar-refractivity contribution < 1.29 is 14.7 Å². The summed E-state index contributed by atoms with van der Waals surface area (Å²) in [4.78, 5) is 30.3. The van der Waals surface area contributed by atoms with Gasteiger partial charge in [0.2, 0.25) is 5.91 Å². The molecule has 0 aliphatic carbocycles. The number of hydrogen-bond donors (Lipinski definition) is 2. The highest BCUT2D eigenvalue weighted by Gasteiger charge is 2.48. The number of amides is 3. The van der Waals surface area contributed by atoms with Gasteiger partial charge in [-0.2, -0.15) is 0 Å². The number of likely N-dealkylation sites (tertiary alicyclic amines) is 1. The number of urea groups is 1. The number of nitrogens with zero attached hydrogens (tertiary/aromatic N) is 2. The zero-order valence-corrected chi connectivity index (χ0v) is 17.7. The van der Waals surface area contributed by atoms with Crippen molar-refractivity contribution in [1.82, 2.24) is 15.1 Å². The van der Waals surface area contributed by atoms with Crippen LogP contribution in [-0.4, -0.2) is 52.5 Å². The van der Waals surface area contributed by atoms with Gasteiger partial charge in [0.15, 0.2) is 0 Å². The van der Waals surface area contributed by atoms with E-state index >= 15 is 0 Å².